The molecular weight excluding hydrogens is 556 g/mol. The Labute approximate surface area is 246 Å². The fourth-order valence-electron chi connectivity index (χ4n) is 4.68. The molecule has 1 aliphatic rings. The number of esters is 1. The quantitative estimate of drug-likeness (QED) is 0.113. The smallest absolute Gasteiger partial charge is 0.350 e. The van der Waals surface area contributed by atoms with Crippen LogP contribution in [0.25, 0.3) is 5.76 Å². The van der Waals surface area contributed by atoms with Gasteiger partial charge in [-0.15, -0.1) is 0 Å². The lowest BCUT2D eigenvalue weighted by molar-refractivity contribution is -0.132. The molecule has 9 nitrogen and oxygen atoms in total. The summed E-state index contributed by atoms with van der Waals surface area (Å²) in [6.45, 7) is 4.10. The van der Waals surface area contributed by atoms with Crippen LogP contribution in [-0.4, -0.2) is 41.5 Å². The molecular formula is C32H28N2O7S. The van der Waals surface area contributed by atoms with Gasteiger partial charge in [0.15, 0.2) is 16.6 Å². The van der Waals surface area contributed by atoms with Crippen molar-refractivity contribution in [3.8, 4) is 11.5 Å². The first-order valence-corrected chi connectivity index (χ1v) is 14.0. The lowest BCUT2D eigenvalue weighted by atomic mass is 9.95. The number of carbonyl (C=O) groups excluding carboxylic acids is 3. The first-order valence-electron chi connectivity index (χ1n) is 13.2. The van der Waals surface area contributed by atoms with Crippen LogP contribution in [-0.2, 0) is 20.9 Å². The van der Waals surface area contributed by atoms with Crippen LogP contribution in [0, 0.1) is 6.92 Å². The Hall–Kier alpha value is -4.96. The minimum Gasteiger partial charge on any atom is -0.507 e. The monoisotopic (exact) mass is 584 g/mol. The third-order valence-corrected chi connectivity index (χ3v) is 7.81. The molecule has 0 bridgehead atoms. The molecule has 1 fully saturated rings. The minimum atomic E-state index is -1.07. The van der Waals surface area contributed by atoms with Gasteiger partial charge >= 0.3 is 11.9 Å². The predicted molar refractivity (Wildman–Crippen MR) is 158 cm³/mol. The van der Waals surface area contributed by atoms with Gasteiger partial charge < -0.3 is 19.3 Å². The van der Waals surface area contributed by atoms with E-state index in [-0.39, 0.29) is 21.3 Å². The Balaban J connectivity index is 1.64. The fraction of sp³-hybridized carbons (Fsp3) is 0.188. The number of hydrogen-bond donors (Lipinski definition) is 1. The lowest BCUT2D eigenvalue weighted by Crippen LogP contribution is -2.29. The summed E-state index contributed by atoms with van der Waals surface area (Å²) in [7, 11) is 1.25. The van der Waals surface area contributed by atoms with Crippen molar-refractivity contribution >= 4 is 39.9 Å². The average Bonchev–Trinajstić information content (AvgIpc) is 3.52. The zero-order chi connectivity index (χ0) is 29.8. The highest BCUT2D eigenvalue weighted by Crippen LogP contribution is 2.45. The van der Waals surface area contributed by atoms with Gasteiger partial charge in [0.25, 0.3) is 5.78 Å². The van der Waals surface area contributed by atoms with E-state index in [4.69, 9.17) is 14.2 Å². The second-order valence-electron chi connectivity index (χ2n) is 9.35. The summed E-state index contributed by atoms with van der Waals surface area (Å²) < 4.78 is 16.8. The molecule has 0 spiro atoms. The Morgan fingerprint density at radius 2 is 1.67 bits per heavy atom. The summed E-state index contributed by atoms with van der Waals surface area (Å²) >= 11 is 0.934. The average molecular weight is 585 g/mol. The van der Waals surface area contributed by atoms with Crippen molar-refractivity contribution in [2.75, 3.05) is 18.6 Å². The molecule has 5 rings (SSSR count). The number of rotatable bonds is 9. The molecule has 1 N–H and O–H groups in total. The molecule has 1 saturated heterocycles. The summed E-state index contributed by atoms with van der Waals surface area (Å²) in [5, 5.41) is 11.5. The number of aryl methyl sites for hydroxylation is 1. The first-order chi connectivity index (χ1) is 20.3. The number of ether oxygens (including phenoxy) is 3. The number of benzene rings is 3. The van der Waals surface area contributed by atoms with Crippen LogP contribution in [0.3, 0.4) is 0 Å². The second-order valence-corrected chi connectivity index (χ2v) is 10.3. The molecule has 4 aromatic rings. The molecule has 1 aliphatic heterocycles. The Bertz CT molecular complexity index is 1660. The summed E-state index contributed by atoms with van der Waals surface area (Å²) in [6, 6.07) is 22.2. The van der Waals surface area contributed by atoms with Crippen LogP contribution < -0.4 is 14.4 Å². The van der Waals surface area contributed by atoms with E-state index in [9.17, 15) is 19.5 Å². The van der Waals surface area contributed by atoms with Crippen molar-refractivity contribution in [3.63, 3.8) is 0 Å². The van der Waals surface area contributed by atoms with Crippen molar-refractivity contribution in [1.29, 1.82) is 0 Å². The van der Waals surface area contributed by atoms with Crippen LogP contribution in [0.2, 0.25) is 0 Å². The predicted octanol–water partition coefficient (Wildman–Crippen LogP) is 5.84. The van der Waals surface area contributed by atoms with Gasteiger partial charge in [-0.05, 0) is 37.1 Å². The van der Waals surface area contributed by atoms with E-state index < -0.39 is 23.7 Å². The van der Waals surface area contributed by atoms with Crippen molar-refractivity contribution < 1.29 is 33.7 Å². The maximum absolute atomic E-state index is 13.6. The summed E-state index contributed by atoms with van der Waals surface area (Å²) in [4.78, 5) is 45.3. The third-order valence-electron chi connectivity index (χ3n) is 6.67. The Kier molecular flexibility index (Phi) is 8.35. The topological polar surface area (TPSA) is 115 Å². The molecule has 0 saturated carbocycles. The number of aliphatic hydroxyl groups is 1. The summed E-state index contributed by atoms with van der Waals surface area (Å²) in [5.74, 6) is -1.82. The van der Waals surface area contributed by atoms with Gasteiger partial charge in [-0.3, -0.25) is 14.5 Å². The number of hydrogen-bond acceptors (Lipinski definition) is 9. The van der Waals surface area contributed by atoms with Gasteiger partial charge in [0.2, 0.25) is 0 Å². The lowest BCUT2D eigenvalue weighted by Gasteiger charge is -2.24. The number of aromatic nitrogens is 1. The van der Waals surface area contributed by atoms with E-state index in [0.717, 1.165) is 16.9 Å². The number of amides is 1. The molecule has 1 aromatic heterocycles. The molecule has 3 aromatic carbocycles. The molecule has 42 heavy (non-hydrogen) atoms. The molecule has 0 radical (unpaired) electrons. The van der Waals surface area contributed by atoms with E-state index in [2.05, 4.69) is 4.98 Å². The number of methoxy groups -OCH3 is 1. The summed E-state index contributed by atoms with van der Waals surface area (Å²) in [5.41, 5.74) is 2.07. The molecule has 1 atom stereocenters. The van der Waals surface area contributed by atoms with Crippen LogP contribution in [0.15, 0.2) is 84.4 Å². The fourth-order valence-corrected chi connectivity index (χ4v) is 5.69. The number of ketones is 1. The maximum Gasteiger partial charge on any atom is 0.350 e. The maximum atomic E-state index is 13.6. The molecule has 214 valence electrons. The van der Waals surface area contributed by atoms with Gasteiger partial charge in [-0.25, -0.2) is 9.78 Å². The van der Waals surface area contributed by atoms with E-state index in [1.807, 2.05) is 37.3 Å². The second kappa shape index (κ2) is 12.3. The highest BCUT2D eigenvalue weighted by molar-refractivity contribution is 7.17. The van der Waals surface area contributed by atoms with Gasteiger partial charge in [-0.1, -0.05) is 78.1 Å². The molecule has 10 heteroatoms. The number of Topliss-reactive ketones (excluding diaryl/α,β-unsaturated/α-hetero) is 1. The number of nitrogens with zero attached hydrogens (tertiary/aromatic N) is 2. The van der Waals surface area contributed by atoms with E-state index in [1.165, 1.54) is 12.0 Å². The number of thiazole rings is 1. The Morgan fingerprint density at radius 3 is 2.33 bits per heavy atom. The minimum absolute atomic E-state index is 0.112. The van der Waals surface area contributed by atoms with Gasteiger partial charge in [0, 0.05) is 5.56 Å². The standard InChI is InChI=1S/C32H28N2O7S/c1-4-40-24-17-22(15-16-23(24)41-18-20-11-7-5-8-12-20)26-25(27(35)21-13-9-6-10-14-21)28(36)30(37)34(26)32-33-19(2)29(42-32)31(38)39-3/h5-17,26,35H,4,18H2,1-3H3. The highest BCUT2D eigenvalue weighted by atomic mass is 32.1. The highest BCUT2D eigenvalue weighted by Gasteiger charge is 2.48. The van der Waals surface area contributed by atoms with Crippen LogP contribution >= 0.6 is 11.3 Å². The van der Waals surface area contributed by atoms with Crippen molar-refractivity contribution in [3.05, 3.63) is 112 Å². The van der Waals surface area contributed by atoms with Gasteiger partial charge in [0.05, 0.1) is 31.0 Å². The first kappa shape index (κ1) is 28.6. The van der Waals surface area contributed by atoms with Gasteiger partial charge in [0.1, 0.15) is 17.2 Å². The van der Waals surface area contributed by atoms with E-state index in [1.54, 1.807) is 55.5 Å². The number of carbonyl (C=O) groups is 3. The SMILES string of the molecule is CCOc1cc(C2C(=C(O)c3ccccc3)C(=O)C(=O)N2c2nc(C)c(C(=O)OC)s2)ccc1OCc1ccccc1. The van der Waals surface area contributed by atoms with Crippen molar-refractivity contribution in [2.24, 2.45) is 0 Å². The largest absolute Gasteiger partial charge is 0.507 e. The Morgan fingerprint density at radius 1 is 0.976 bits per heavy atom. The van der Waals surface area contributed by atoms with Crippen molar-refractivity contribution in [1.82, 2.24) is 4.98 Å². The zero-order valence-electron chi connectivity index (χ0n) is 23.2. The van der Waals surface area contributed by atoms with Crippen LogP contribution in [0.1, 0.15) is 45.0 Å². The zero-order valence-corrected chi connectivity index (χ0v) is 24.0. The molecule has 1 unspecified atom stereocenters. The van der Waals surface area contributed by atoms with E-state index in [0.29, 0.717) is 41.5 Å². The normalized spacial score (nSPS) is 16.0. The van der Waals surface area contributed by atoms with E-state index >= 15 is 0 Å². The number of aliphatic hydroxyl groups excluding tert-OH is 1. The number of anilines is 1. The molecule has 2 heterocycles. The third kappa shape index (κ3) is 5.48. The van der Waals surface area contributed by atoms with Crippen LogP contribution in [0.4, 0.5) is 5.13 Å². The summed E-state index contributed by atoms with van der Waals surface area (Å²) in [6.07, 6.45) is 0. The molecule has 1 amide bonds. The van der Waals surface area contributed by atoms with Crippen LogP contribution in [0.5, 0.6) is 11.5 Å². The molecule has 0 aliphatic carbocycles. The van der Waals surface area contributed by atoms with Gasteiger partial charge in [-0.2, -0.15) is 0 Å². The van der Waals surface area contributed by atoms with Crippen molar-refractivity contribution in [2.45, 2.75) is 26.5 Å².